The van der Waals surface area contributed by atoms with Gasteiger partial charge in [-0.15, -0.1) is 0 Å². The molecule has 1 aliphatic heterocycles. The highest BCUT2D eigenvalue weighted by Gasteiger charge is 2.58. The molecule has 0 saturated carbocycles. The predicted octanol–water partition coefficient (Wildman–Crippen LogP) is 8.78. The third kappa shape index (κ3) is 8.44. The molecule has 1 fully saturated rings. The number of pyridine rings is 2. The highest BCUT2D eigenvalue weighted by atomic mass is 32.2. The van der Waals surface area contributed by atoms with E-state index < -0.39 is 46.9 Å². The van der Waals surface area contributed by atoms with Crippen LogP contribution in [-0.2, 0) is 4.79 Å². The Morgan fingerprint density at radius 3 is 1.61 bits per heavy atom. The van der Waals surface area contributed by atoms with Crippen LogP contribution in [0, 0.1) is 0 Å². The average Bonchev–Trinajstić information content (AvgIpc) is 3.41. The highest BCUT2D eigenvalue weighted by molar-refractivity contribution is 8.00. The van der Waals surface area contributed by atoms with Crippen LogP contribution in [-0.4, -0.2) is 45.0 Å². The molecule has 16 heteroatoms. The Morgan fingerprint density at radius 2 is 1.17 bits per heavy atom. The van der Waals surface area contributed by atoms with Crippen LogP contribution in [0.5, 0.6) is 0 Å². The van der Waals surface area contributed by atoms with Gasteiger partial charge in [0.1, 0.15) is 17.2 Å². The van der Waals surface area contributed by atoms with Crippen molar-refractivity contribution < 1.29 is 32.3 Å². The largest absolute Gasteiger partial charge is 0.446 e. The maximum absolute atomic E-state index is 14.8. The van der Waals surface area contributed by atoms with Crippen LogP contribution in [0.3, 0.4) is 0 Å². The van der Waals surface area contributed by atoms with E-state index in [0.717, 1.165) is 4.90 Å². The Balaban J connectivity index is 1.33. The number of imide groups is 1. The fraction of sp³-hybridized carbons (Fsp3) is 0.158. The smallest absolute Gasteiger partial charge is 0.322 e. The molecule has 1 aliphatic rings. The first-order valence-corrected chi connectivity index (χ1v) is 17.3. The van der Waals surface area contributed by atoms with Crippen LogP contribution < -0.4 is 31.5 Å². The number of carbonyl (C=O) groups excluding carboxylic acids is 4. The second kappa shape index (κ2) is 15.7. The Morgan fingerprint density at radius 1 is 0.704 bits per heavy atom. The van der Waals surface area contributed by atoms with E-state index in [9.17, 15) is 32.3 Å². The van der Waals surface area contributed by atoms with Gasteiger partial charge in [-0.2, -0.15) is 13.2 Å². The monoisotopic (exact) mass is 754 g/mol. The van der Waals surface area contributed by atoms with Gasteiger partial charge in [0.05, 0.1) is 5.69 Å². The molecule has 12 nitrogen and oxygen atoms in total. The molecular weight excluding hydrogens is 722 g/mol. The summed E-state index contributed by atoms with van der Waals surface area (Å²) in [7, 11) is 0. The number of alkyl halides is 3. The Bertz CT molecular complexity index is 2050. The van der Waals surface area contributed by atoms with E-state index in [1.165, 1.54) is 36.7 Å². The number of aromatic nitrogens is 2. The number of hydrogen-bond acceptors (Lipinski definition) is 7. The third-order valence-electron chi connectivity index (χ3n) is 8.88. The summed E-state index contributed by atoms with van der Waals surface area (Å²) in [5.41, 5.74) is -4.01. The van der Waals surface area contributed by atoms with E-state index in [4.69, 9.17) is 0 Å². The molecule has 0 spiro atoms. The first kappa shape index (κ1) is 37.3. The van der Waals surface area contributed by atoms with Crippen LogP contribution in [0.1, 0.15) is 36.8 Å². The van der Waals surface area contributed by atoms with E-state index in [-0.39, 0.29) is 34.0 Å². The zero-order chi connectivity index (χ0) is 38.5. The molecule has 3 heterocycles. The molecular formula is C38H33F3N8O4S. The van der Waals surface area contributed by atoms with Gasteiger partial charge in [0.15, 0.2) is 0 Å². The number of benzene rings is 3. The Kier molecular flexibility index (Phi) is 10.8. The molecule has 0 bridgehead atoms. The molecule has 276 valence electrons. The topological polar surface area (TPSA) is 157 Å². The Hall–Kier alpha value is -6.42. The van der Waals surface area contributed by atoms with Crippen LogP contribution in [0.4, 0.5) is 56.3 Å². The molecule has 1 saturated heterocycles. The summed E-state index contributed by atoms with van der Waals surface area (Å²) >= 11 is -0.316. The van der Waals surface area contributed by atoms with Crippen molar-refractivity contribution in [3.05, 3.63) is 133 Å². The van der Waals surface area contributed by atoms with E-state index in [2.05, 4.69) is 36.6 Å². The molecule has 3 aromatic carbocycles. The summed E-state index contributed by atoms with van der Waals surface area (Å²) in [4.78, 5) is 63.5. The zero-order valence-corrected chi connectivity index (χ0v) is 29.5. The number of urea groups is 3. The van der Waals surface area contributed by atoms with Crippen molar-refractivity contribution in [1.82, 2.24) is 15.3 Å². The molecule has 0 aliphatic carbocycles. The first-order chi connectivity index (χ1) is 25.8. The third-order valence-corrected chi connectivity index (χ3v) is 9.62. The van der Waals surface area contributed by atoms with Gasteiger partial charge in [-0.25, -0.2) is 29.3 Å². The van der Waals surface area contributed by atoms with Crippen molar-refractivity contribution >= 4 is 64.5 Å². The van der Waals surface area contributed by atoms with Gasteiger partial charge in [0, 0.05) is 40.5 Å². The standard InChI is InChI=1S/C38H33F3N8O4S/c1-23(25-17-19-42-31(21-25)46-34(51)44-27-9-5-3-6-10-27)37(33(50)49(36(53)48-37)29-13-15-30(16-14-29)54-38(39,40)41)24(2)26-18-20-43-32(22-26)47-35(52)45-28-11-7-4-8-12-28/h3-24H,1-2H3,(H,48,53)(H2,42,44,46,51)(H2,43,45,47,52). The van der Waals surface area contributed by atoms with Gasteiger partial charge in [0.25, 0.3) is 5.91 Å². The van der Waals surface area contributed by atoms with E-state index in [1.807, 2.05) is 12.1 Å². The molecule has 5 N–H and O–H groups in total. The summed E-state index contributed by atoms with van der Waals surface area (Å²) in [6.07, 6.45) is 2.91. The fourth-order valence-electron chi connectivity index (χ4n) is 6.25. The summed E-state index contributed by atoms with van der Waals surface area (Å²) in [5.74, 6) is -1.92. The molecule has 54 heavy (non-hydrogen) atoms. The maximum Gasteiger partial charge on any atom is 0.446 e. The minimum Gasteiger partial charge on any atom is -0.322 e. The van der Waals surface area contributed by atoms with Crippen molar-refractivity contribution in [3.8, 4) is 0 Å². The van der Waals surface area contributed by atoms with Gasteiger partial charge in [-0.05, 0) is 95.7 Å². The predicted molar refractivity (Wildman–Crippen MR) is 201 cm³/mol. The number of halogens is 3. The van der Waals surface area contributed by atoms with Gasteiger partial charge in [-0.3, -0.25) is 15.4 Å². The van der Waals surface area contributed by atoms with E-state index in [0.29, 0.717) is 22.5 Å². The number of thioether (sulfide) groups is 1. The molecule has 2 atom stereocenters. The number of carbonyl (C=O) groups is 4. The molecule has 0 radical (unpaired) electrons. The number of nitrogens with zero attached hydrogens (tertiary/aromatic N) is 3. The first-order valence-electron chi connectivity index (χ1n) is 16.5. The quantitative estimate of drug-likeness (QED) is 0.0705. The molecule has 2 aromatic heterocycles. The summed E-state index contributed by atoms with van der Waals surface area (Å²) in [5, 5.41) is 13.7. The minimum atomic E-state index is -4.52. The fourth-order valence-corrected chi connectivity index (χ4v) is 6.79. The number of amides is 7. The summed E-state index contributed by atoms with van der Waals surface area (Å²) in [6.45, 7) is 3.47. The lowest BCUT2D eigenvalue weighted by Gasteiger charge is -2.39. The average molecular weight is 755 g/mol. The lowest BCUT2D eigenvalue weighted by Crippen LogP contribution is -2.55. The maximum atomic E-state index is 14.8. The number of hydrogen-bond donors (Lipinski definition) is 5. The van der Waals surface area contributed by atoms with Crippen molar-refractivity contribution in [1.29, 1.82) is 0 Å². The minimum absolute atomic E-state index is 0.0645. The normalized spacial score (nSPS) is 16.6. The van der Waals surface area contributed by atoms with Gasteiger partial charge >= 0.3 is 23.6 Å². The van der Waals surface area contributed by atoms with E-state index in [1.54, 1.807) is 86.6 Å². The van der Waals surface area contributed by atoms with Crippen LogP contribution in [0.25, 0.3) is 0 Å². The van der Waals surface area contributed by atoms with Crippen LogP contribution >= 0.6 is 11.8 Å². The Labute approximate surface area is 312 Å². The van der Waals surface area contributed by atoms with E-state index >= 15 is 0 Å². The lowest BCUT2D eigenvalue weighted by atomic mass is 9.70. The summed E-state index contributed by atoms with van der Waals surface area (Å²) in [6, 6.07) is 27.0. The number of para-hydroxylation sites is 2. The highest BCUT2D eigenvalue weighted by Crippen LogP contribution is 2.46. The molecule has 5 aromatic rings. The van der Waals surface area contributed by atoms with Crippen molar-refractivity contribution in [2.75, 3.05) is 26.2 Å². The zero-order valence-electron chi connectivity index (χ0n) is 28.7. The van der Waals surface area contributed by atoms with Crippen molar-refractivity contribution in [3.63, 3.8) is 0 Å². The van der Waals surface area contributed by atoms with Gasteiger partial charge in [-0.1, -0.05) is 50.2 Å². The molecule has 6 rings (SSSR count). The number of rotatable bonds is 10. The molecule has 2 unspecified atom stereocenters. The number of nitrogens with one attached hydrogen (secondary N) is 5. The van der Waals surface area contributed by atoms with Gasteiger partial charge < -0.3 is 16.0 Å². The second-order valence-electron chi connectivity index (χ2n) is 12.3. The van der Waals surface area contributed by atoms with Crippen LogP contribution in [0.2, 0.25) is 0 Å². The van der Waals surface area contributed by atoms with Crippen molar-refractivity contribution in [2.45, 2.75) is 41.6 Å². The number of anilines is 5. The van der Waals surface area contributed by atoms with Crippen LogP contribution in [0.15, 0.2) is 126 Å². The molecule has 7 amide bonds. The lowest BCUT2D eigenvalue weighted by molar-refractivity contribution is -0.123. The van der Waals surface area contributed by atoms with Crippen molar-refractivity contribution in [2.24, 2.45) is 0 Å². The van der Waals surface area contributed by atoms with Gasteiger partial charge in [0.2, 0.25) is 0 Å². The SMILES string of the molecule is CC(c1ccnc(NC(=O)Nc2ccccc2)c1)C1(C(C)c2ccnc(NC(=O)Nc3ccccc3)c2)NC(=O)N(c2ccc(SC(F)(F)F)cc2)C1=O. The second-order valence-corrected chi connectivity index (χ2v) is 13.4. The summed E-state index contributed by atoms with van der Waals surface area (Å²) < 4.78 is 39.1.